The fourth-order valence-corrected chi connectivity index (χ4v) is 0.142. The molecule has 0 bridgehead atoms. The van der Waals surface area contributed by atoms with E-state index in [9.17, 15) is 0 Å². The van der Waals surface area contributed by atoms with E-state index in [1.165, 1.54) is 0 Å². The Morgan fingerprint density at radius 3 is 2.29 bits per heavy atom. The van der Waals surface area contributed by atoms with E-state index in [1.54, 1.807) is 0 Å². The van der Waals surface area contributed by atoms with Gasteiger partial charge in [-0.25, -0.2) is 5.90 Å². The molecule has 44 valence electrons. The van der Waals surface area contributed by atoms with Gasteiger partial charge in [-0.3, -0.25) is 0 Å². The van der Waals surface area contributed by atoms with Crippen molar-refractivity contribution in [2.24, 2.45) is 5.90 Å². The molecule has 0 saturated carbocycles. The maximum atomic E-state index is 4.67. The number of rotatable bonds is 2. The number of halogens is 1. The van der Waals surface area contributed by atoms with Crippen LogP contribution < -0.4 is 5.90 Å². The van der Waals surface area contributed by atoms with Gasteiger partial charge < -0.3 is 4.84 Å². The van der Waals surface area contributed by atoms with Crippen molar-refractivity contribution in [3.05, 3.63) is 12.2 Å². The molecular formula is C4H10ClNO. The first kappa shape index (κ1) is 10.0. The van der Waals surface area contributed by atoms with E-state index in [2.05, 4.69) is 17.3 Å². The first-order valence-electron chi connectivity index (χ1n) is 1.73. The largest absolute Gasteiger partial charge is 0.300 e. The number of nitrogens with two attached hydrogens (primary N) is 1. The molecule has 2 N–H and O–H groups in total. The molecule has 3 heteroatoms. The first-order chi connectivity index (χ1) is 2.77. The fourth-order valence-electron chi connectivity index (χ4n) is 0.142. The second kappa shape index (κ2) is 5.95. The SMILES string of the molecule is C=C(C)CON.Cl. The lowest BCUT2D eigenvalue weighted by Crippen LogP contribution is -2.00. The second-order valence-electron chi connectivity index (χ2n) is 1.27. The van der Waals surface area contributed by atoms with Crippen LogP contribution in [0.3, 0.4) is 0 Å². The summed E-state index contributed by atoms with van der Waals surface area (Å²) in [5, 5.41) is 0. The third kappa shape index (κ3) is 10.7. The van der Waals surface area contributed by atoms with E-state index >= 15 is 0 Å². The summed E-state index contributed by atoms with van der Waals surface area (Å²) in [4.78, 5) is 4.20. The quantitative estimate of drug-likeness (QED) is 0.437. The van der Waals surface area contributed by atoms with E-state index in [0.717, 1.165) is 5.57 Å². The third-order valence-electron chi connectivity index (χ3n) is 0.330. The monoisotopic (exact) mass is 123 g/mol. The van der Waals surface area contributed by atoms with Crippen LogP contribution in [0, 0.1) is 0 Å². The van der Waals surface area contributed by atoms with Crippen molar-refractivity contribution in [1.82, 2.24) is 0 Å². The number of hydrogen-bond acceptors (Lipinski definition) is 2. The highest BCUT2D eigenvalue weighted by molar-refractivity contribution is 5.85. The van der Waals surface area contributed by atoms with Crippen molar-refractivity contribution in [2.75, 3.05) is 6.61 Å². The molecule has 0 aromatic heterocycles. The lowest BCUT2D eigenvalue weighted by atomic mass is 10.4. The lowest BCUT2D eigenvalue weighted by molar-refractivity contribution is 0.161. The normalized spacial score (nSPS) is 7.14. The smallest absolute Gasteiger partial charge is 0.0884 e. The van der Waals surface area contributed by atoms with E-state index in [0.29, 0.717) is 6.61 Å². The molecule has 2 nitrogen and oxygen atoms in total. The molecule has 7 heavy (non-hydrogen) atoms. The number of hydrogen-bond donors (Lipinski definition) is 1. The molecular weight excluding hydrogens is 114 g/mol. The molecule has 0 fully saturated rings. The van der Waals surface area contributed by atoms with Crippen LogP contribution in [-0.2, 0) is 4.84 Å². The van der Waals surface area contributed by atoms with Crippen LogP contribution in [0.5, 0.6) is 0 Å². The second-order valence-corrected chi connectivity index (χ2v) is 1.27. The van der Waals surface area contributed by atoms with Crippen molar-refractivity contribution < 1.29 is 4.84 Å². The molecule has 0 saturated heterocycles. The first-order valence-corrected chi connectivity index (χ1v) is 1.73. The Morgan fingerprint density at radius 2 is 2.29 bits per heavy atom. The average molecular weight is 124 g/mol. The van der Waals surface area contributed by atoms with Crippen LogP contribution in [0.2, 0.25) is 0 Å². The van der Waals surface area contributed by atoms with Crippen LogP contribution in [0.1, 0.15) is 6.92 Å². The minimum atomic E-state index is 0. The highest BCUT2D eigenvalue weighted by Gasteiger charge is 1.76. The van der Waals surface area contributed by atoms with Gasteiger partial charge in [-0.05, 0) is 6.92 Å². The van der Waals surface area contributed by atoms with Crippen LogP contribution in [0.15, 0.2) is 12.2 Å². The van der Waals surface area contributed by atoms with Gasteiger partial charge in [0.15, 0.2) is 0 Å². The van der Waals surface area contributed by atoms with Crippen molar-refractivity contribution >= 4 is 12.4 Å². The Morgan fingerprint density at radius 1 is 1.86 bits per heavy atom. The van der Waals surface area contributed by atoms with Gasteiger partial charge in [0.2, 0.25) is 0 Å². The van der Waals surface area contributed by atoms with Crippen molar-refractivity contribution in [3.63, 3.8) is 0 Å². The van der Waals surface area contributed by atoms with Crippen molar-refractivity contribution in [3.8, 4) is 0 Å². The Labute approximate surface area is 49.7 Å². The van der Waals surface area contributed by atoms with Crippen LogP contribution in [-0.4, -0.2) is 6.61 Å². The lowest BCUT2D eigenvalue weighted by Gasteiger charge is -1.89. The molecule has 0 rings (SSSR count). The summed E-state index contributed by atoms with van der Waals surface area (Å²) < 4.78 is 0. The van der Waals surface area contributed by atoms with E-state index in [-0.39, 0.29) is 12.4 Å². The summed E-state index contributed by atoms with van der Waals surface area (Å²) in [7, 11) is 0. The van der Waals surface area contributed by atoms with Crippen molar-refractivity contribution in [1.29, 1.82) is 0 Å². The standard InChI is InChI=1S/C4H9NO.ClH/c1-4(2)3-6-5;/h1,3,5H2,2H3;1H. The summed E-state index contributed by atoms with van der Waals surface area (Å²) in [6.45, 7) is 5.85. The van der Waals surface area contributed by atoms with E-state index in [1.807, 2.05) is 6.92 Å². The maximum absolute atomic E-state index is 4.67. The highest BCUT2D eigenvalue weighted by atomic mass is 35.5. The van der Waals surface area contributed by atoms with E-state index < -0.39 is 0 Å². The maximum Gasteiger partial charge on any atom is 0.0884 e. The van der Waals surface area contributed by atoms with Gasteiger partial charge in [-0.15, -0.1) is 12.4 Å². The summed E-state index contributed by atoms with van der Waals surface area (Å²) in [6.07, 6.45) is 0. The zero-order chi connectivity index (χ0) is 4.99. The predicted molar refractivity (Wildman–Crippen MR) is 32.2 cm³/mol. The molecule has 0 aliphatic heterocycles. The molecule has 0 radical (unpaired) electrons. The Hall–Kier alpha value is -0.0500. The van der Waals surface area contributed by atoms with Gasteiger partial charge in [-0.2, -0.15) is 0 Å². The molecule has 0 aromatic carbocycles. The summed E-state index contributed by atoms with van der Waals surface area (Å²) in [5.41, 5.74) is 0.942. The average Bonchev–Trinajstić information content (AvgIpc) is 1.35. The molecule has 0 aliphatic carbocycles. The molecule has 0 aromatic rings. The summed E-state index contributed by atoms with van der Waals surface area (Å²) >= 11 is 0. The highest BCUT2D eigenvalue weighted by Crippen LogP contribution is 1.81. The van der Waals surface area contributed by atoms with E-state index in [4.69, 9.17) is 0 Å². The predicted octanol–water partition coefficient (Wildman–Crippen LogP) is 0.875. The molecule has 0 amide bonds. The molecule has 0 heterocycles. The van der Waals surface area contributed by atoms with Gasteiger partial charge in [0, 0.05) is 0 Å². The van der Waals surface area contributed by atoms with Crippen LogP contribution >= 0.6 is 12.4 Å². The topological polar surface area (TPSA) is 35.2 Å². The molecule has 0 unspecified atom stereocenters. The summed E-state index contributed by atoms with van der Waals surface area (Å²) in [5.74, 6) is 4.67. The van der Waals surface area contributed by atoms with Crippen LogP contribution in [0.25, 0.3) is 0 Å². The minimum absolute atomic E-state index is 0. The fraction of sp³-hybridized carbons (Fsp3) is 0.500. The molecule has 0 atom stereocenters. The van der Waals surface area contributed by atoms with Gasteiger partial charge in [0.1, 0.15) is 0 Å². The van der Waals surface area contributed by atoms with Gasteiger partial charge in [0.25, 0.3) is 0 Å². The zero-order valence-corrected chi connectivity index (χ0v) is 5.12. The van der Waals surface area contributed by atoms with Gasteiger partial charge >= 0.3 is 0 Å². The Balaban J connectivity index is 0. The van der Waals surface area contributed by atoms with Gasteiger partial charge in [0.05, 0.1) is 6.61 Å². The minimum Gasteiger partial charge on any atom is -0.300 e. The van der Waals surface area contributed by atoms with Crippen LogP contribution in [0.4, 0.5) is 0 Å². The van der Waals surface area contributed by atoms with Crippen molar-refractivity contribution in [2.45, 2.75) is 6.92 Å². The Kier molecular flexibility index (Phi) is 8.54. The Bertz CT molecular complexity index is 55.7. The molecule has 0 aliphatic rings. The zero-order valence-electron chi connectivity index (χ0n) is 4.31. The molecule has 0 spiro atoms. The summed E-state index contributed by atoms with van der Waals surface area (Å²) in [6, 6.07) is 0. The third-order valence-corrected chi connectivity index (χ3v) is 0.330. The van der Waals surface area contributed by atoms with Gasteiger partial charge in [-0.1, -0.05) is 12.2 Å².